The number of thioether (sulfide) groups is 1. The van der Waals surface area contributed by atoms with Gasteiger partial charge in [0.15, 0.2) is 5.16 Å². The predicted octanol–water partition coefficient (Wildman–Crippen LogP) is 4.36. The number of halogens is 3. The number of imidazole rings is 1. The molecule has 0 fully saturated rings. The van der Waals surface area contributed by atoms with Crippen molar-refractivity contribution in [3.05, 3.63) is 54.1 Å². The van der Waals surface area contributed by atoms with Gasteiger partial charge in [-0.2, -0.15) is 13.2 Å². The number of para-hydroxylation sites is 3. The third-order valence-corrected chi connectivity index (χ3v) is 4.18. The van der Waals surface area contributed by atoms with E-state index in [1.165, 1.54) is 17.8 Å². The molecule has 1 amide bonds. The Balaban J connectivity index is 1.74. The van der Waals surface area contributed by atoms with Crippen molar-refractivity contribution >= 4 is 34.4 Å². The number of carbonyl (C=O) groups is 1. The van der Waals surface area contributed by atoms with Gasteiger partial charge < -0.3 is 10.3 Å². The van der Waals surface area contributed by atoms with Crippen LogP contribution in [-0.4, -0.2) is 22.1 Å². The van der Waals surface area contributed by atoms with Gasteiger partial charge in [-0.3, -0.25) is 4.79 Å². The molecule has 3 rings (SSSR count). The van der Waals surface area contributed by atoms with E-state index in [4.69, 9.17) is 0 Å². The first-order valence-corrected chi connectivity index (χ1v) is 7.95. The van der Waals surface area contributed by atoms with Crippen molar-refractivity contribution in [2.24, 2.45) is 0 Å². The van der Waals surface area contributed by atoms with Crippen molar-refractivity contribution in [3.63, 3.8) is 0 Å². The molecule has 0 radical (unpaired) electrons. The van der Waals surface area contributed by atoms with Crippen LogP contribution in [0.5, 0.6) is 0 Å². The number of benzene rings is 2. The summed E-state index contributed by atoms with van der Waals surface area (Å²) in [6.45, 7) is 0. The molecule has 2 N–H and O–H groups in total. The first-order chi connectivity index (χ1) is 11.4. The Morgan fingerprint density at radius 2 is 1.83 bits per heavy atom. The van der Waals surface area contributed by atoms with E-state index in [0.29, 0.717) is 16.5 Å². The lowest BCUT2D eigenvalue weighted by molar-refractivity contribution is -0.167. The number of anilines is 1. The number of amides is 1. The van der Waals surface area contributed by atoms with Crippen LogP contribution < -0.4 is 5.32 Å². The number of nitrogens with zero attached hydrogens (tertiary/aromatic N) is 1. The highest BCUT2D eigenvalue weighted by Crippen LogP contribution is 2.27. The average molecular weight is 351 g/mol. The smallest absolute Gasteiger partial charge is 0.333 e. The normalized spacial score (nSPS) is 11.6. The van der Waals surface area contributed by atoms with Crippen molar-refractivity contribution in [3.8, 4) is 0 Å². The Labute approximate surface area is 139 Å². The second-order valence-corrected chi connectivity index (χ2v) is 5.92. The van der Waals surface area contributed by atoms with E-state index in [1.807, 2.05) is 29.6 Å². The molecular weight excluding hydrogens is 339 g/mol. The molecule has 1 aromatic heterocycles. The topological polar surface area (TPSA) is 57.8 Å². The zero-order valence-electron chi connectivity index (χ0n) is 12.2. The van der Waals surface area contributed by atoms with Crippen LogP contribution in [-0.2, 0) is 10.5 Å². The van der Waals surface area contributed by atoms with E-state index in [2.05, 4.69) is 9.97 Å². The predicted molar refractivity (Wildman–Crippen MR) is 86.8 cm³/mol. The Kier molecular flexibility index (Phi) is 4.48. The van der Waals surface area contributed by atoms with Crippen LogP contribution in [0.25, 0.3) is 11.0 Å². The SMILES string of the molecule is O=C(Nc1ccccc1CSc1nc2ccccc2[nH]1)C(F)(F)F. The Hall–Kier alpha value is -2.48. The highest BCUT2D eigenvalue weighted by molar-refractivity contribution is 7.98. The van der Waals surface area contributed by atoms with Gasteiger partial charge in [0, 0.05) is 11.4 Å². The maximum atomic E-state index is 12.4. The molecule has 0 saturated heterocycles. The van der Waals surface area contributed by atoms with Crippen LogP contribution in [0.1, 0.15) is 5.56 Å². The fourth-order valence-corrected chi connectivity index (χ4v) is 2.99. The number of H-pyrrole nitrogens is 1. The van der Waals surface area contributed by atoms with Crippen molar-refractivity contribution in [2.45, 2.75) is 17.1 Å². The van der Waals surface area contributed by atoms with E-state index in [0.717, 1.165) is 11.0 Å². The van der Waals surface area contributed by atoms with Gasteiger partial charge in [0.05, 0.1) is 11.0 Å². The Morgan fingerprint density at radius 1 is 1.12 bits per heavy atom. The van der Waals surface area contributed by atoms with Crippen LogP contribution in [0, 0.1) is 0 Å². The van der Waals surface area contributed by atoms with Crippen molar-refractivity contribution in [1.29, 1.82) is 0 Å². The molecule has 2 aromatic carbocycles. The fourth-order valence-electron chi connectivity index (χ4n) is 2.11. The minimum atomic E-state index is -4.92. The van der Waals surface area contributed by atoms with Crippen LogP contribution in [0.2, 0.25) is 0 Å². The van der Waals surface area contributed by atoms with Gasteiger partial charge in [0.1, 0.15) is 0 Å². The van der Waals surface area contributed by atoms with Gasteiger partial charge in [-0.1, -0.05) is 42.1 Å². The molecule has 8 heteroatoms. The Morgan fingerprint density at radius 3 is 2.58 bits per heavy atom. The van der Waals surface area contributed by atoms with Crippen molar-refractivity contribution in [2.75, 3.05) is 5.32 Å². The highest BCUT2D eigenvalue weighted by Gasteiger charge is 2.38. The van der Waals surface area contributed by atoms with Crippen molar-refractivity contribution in [1.82, 2.24) is 9.97 Å². The molecule has 0 spiro atoms. The first kappa shape index (κ1) is 16.4. The molecule has 3 aromatic rings. The van der Waals surface area contributed by atoms with Crippen LogP contribution in [0.15, 0.2) is 53.7 Å². The lowest BCUT2D eigenvalue weighted by atomic mass is 10.2. The summed E-state index contributed by atoms with van der Waals surface area (Å²) in [4.78, 5) is 18.6. The summed E-state index contributed by atoms with van der Waals surface area (Å²) in [5.41, 5.74) is 2.43. The standard InChI is InChI=1S/C16H12F3N3OS/c17-16(18,19)14(23)20-11-6-2-1-5-10(11)9-24-15-21-12-7-3-4-8-13(12)22-15/h1-8H,9H2,(H,20,23)(H,21,22). The maximum absolute atomic E-state index is 12.4. The second kappa shape index (κ2) is 6.56. The summed E-state index contributed by atoms with van der Waals surface area (Å²) in [5, 5.41) is 2.57. The average Bonchev–Trinajstić information content (AvgIpc) is 2.96. The van der Waals surface area contributed by atoms with Gasteiger partial charge >= 0.3 is 12.1 Å². The molecule has 4 nitrogen and oxygen atoms in total. The van der Waals surface area contributed by atoms with E-state index in [9.17, 15) is 18.0 Å². The largest absolute Gasteiger partial charge is 0.471 e. The van der Waals surface area contributed by atoms with Gasteiger partial charge in [-0.25, -0.2) is 4.98 Å². The quantitative estimate of drug-likeness (QED) is 0.687. The minimum Gasteiger partial charge on any atom is -0.333 e. The lowest BCUT2D eigenvalue weighted by Gasteiger charge is -2.11. The number of rotatable bonds is 4. The van der Waals surface area contributed by atoms with Crippen LogP contribution >= 0.6 is 11.8 Å². The molecule has 0 saturated carbocycles. The zero-order valence-corrected chi connectivity index (χ0v) is 13.0. The number of carbonyl (C=O) groups excluding carboxylic acids is 1. The molecule has 124 valence electrons. The van der Waals surface area contributed by atoms with Gasteiger partial charge in [-0.05, 0) is 23.8 Å². The monoisotopic (exact) mass is 351 g/mol. The summed E-state index contributed by atoms with van der Waals surface area (Å²) in [7, 11) is 0. The van der Waals surface area contributed by atoms with Gasteiger partial charge in [0.2, 0.25) is 0 Å². The Bertz CT molecular complexity index is 843. The summed E-state index contributed by atoms with van der Waals surface area (Å²) in [6, 6.07) is 13.9. The molecule has 1 heterocycles. The van der Waals surface area contributed by atoms with Crippen LogP contribution in [0.4, 0.5) is 18.9 Å². The number of hydrogen-bond acceptors (Lipinski definition) is 3. The van der Waals surface area contributed by atoms with E-state index in [-0.39, 0.29) is 5.69 Å². The molecular formula is C16H12F3N3OS. The summed E-state index contributed by atoms with van der Waals surface area (Å²) in [5.74, 6) is -1.61. The lowest BCUT2D eigenvalue weighted by Crippen LogP contribution is -2.30. The summed E-state index contributed by atoms with van der Waals surface area (Å²) < 4.78 is 37.2. The first-order valence-electron chi connectivity index (χ1n) is 6.97. The number of nitrogens with one attached hydrogen (secondary N) is 2. The van der Waals surface area contributed by atoms with E-state index >= 15 is 0 Å². The van der Waals surface area contributed by atoms with Gasteiger partial charge in [0.25, 0.3) is 0 Å². The molecule has 24 heavy (non-hydrogen) atoms. The zero-order chi connectivity index (χ0) is 17.2. The molecule has 0 aliphatic carbocycles. The number of hydrogen-bond donors (Lipinski definition) is 2. The molecule has 0 aliphatic heterocycles. The highest BCUT2D eigenvalue weighted by atomic mass is 32.2. The molecule has 0 atom stereocenters. The maximum Gasteiger partial charge on any atom is 0.471 e. The summed E-state index contributed by atoms with van der Waals surface area (Å²) in [6.07, 6.45) is -4.92. The third-order valence-electron chi connectivity index (χ3n) is 3.26. The number of aromatic nitrogens is 2. The number of aromatic amines is 1. The van der Waals surface area contributed by atoms with Gasteiger partial charge in [-0.15, -0.1) is 0 Å². The second-order valence-electron chi connectivity index (χ2n) is 4.96. The molecule has 0 bridgehead atoms. The minimum absolute atomic E-state index is 0.142. The van der Waals surface area contributed by atoms with E-state index in [1.54, 1.807) is 18.2 Å². The fraction of sp³-hybridized carbons (Fsp3) is 0.125. The van der Waals surface area contributed by atoms with Crippen LogP contribution in [0.3, 0.4) is 0 Å². The van der Waals surface area contributed by atoms with E-state index < -0.39 is 12.1 Å². The number of fused-ring (bicyclic) bond motifs is 1. The third kappa shape index (κ3) is 3.70. The van der Waals surface area contributed by atoms with Crippen molar-refractivity contribution < 1.29 is 18.0 Å². The number of alkyl halides is 3. The molecule has 0 aliphatic rings. The summed E-state index contributed by atoms with van der Waals surface area (Å²) >= 11 is 1.35. The molecule has 0 unspecified atom stereocenters.